The van der Waals surface area contributed by atoms with Crippen molar-refractivity contribution in [2.45, 2.75) is 12.0 Å². The molecule has 1 rings (SSSR count). The molecule has 5 nitrogen and oxygen atoms in total. The van der Waals surface area contributed by atoms with Gasteiger partial charge in [-0.15, -0.1) is 0 Å². The van der Waals surface area contributed by atoms with Crippen molar-refractivity contribution in [1.82, 2.24) is 4.90 Å². The van der Waals surface area contributed by atoms with E-state index in [0.717, 1.165) is 0 Å². The zero-order valence-electron chi connectivity index (χ0n) is 10.9. The summed E-state index contributed by atoms with van der Waals surface area (Å²) < 4.78 is 15.3. The van der Waals surface area contributed by atoms with Crippen molar-refractivity contribution >= 4 is 5.97 Å². The molecule has 96 valence electrons. The first-order valence-electron chi connectivity index (χ1n) is 5.27. The second-order valence-electron chi connectivity index (χ2n) is 4.05. The highest BCUT2D eigenvalue weighted by atomic mass is 16.5. The normalized spacial score (nSPS) is 23.9. The summed E-state index contributed by atoms with van der Waals surface area (Å²) in [7, 11) is 8.14. The SMILES string of the molecule is COC(=O)C1(N(C)C)C=C(OC)C=C(OC)C1. The van der Waals surface area contributed by atoms with Gasteiger partial charge in [-0.2, -0.15) is 0 Å². The van der Waals surface area contributed by atoms with Crippen LogP contribution in [0.4, 0.5) is 0 Å². The van der Waals surface area contributed by atoms with E-state index in [1.807, 2.05) is 14.1 Å². The molecular weight excluding hydrogens is 222 g/mol. The summed E-state index contributed by atoms with van der Waals surface area (Å²) in [5.41, 5.74) is -0.875. The predicted octanol–water partition coefficient (Wildman–Crippen LogP) is 0.924. The smallest absolute Gasteiger partial charge is 0.330 e. The predicted molar refractivity (Wildman–Crippen MR) is 63.2 cm³/mol. The number of hydrogen-bond donors (Lipinski definition) is 0. The van der Waals surface area contributed by atoms with Crippen molar-refractivity contribution in [2.75, 3.05) is 35.4 Å². The first kappa shape index (κ1) is 13.6. The van der Waals surface area contributed by atoms with Crippen LogP contribution in [-0.2, 0) is 19.0 Å². The third-order valence-corrected chi connectivity index (χ3v) is 2.96. The molecule has 17 heavy (non-hydrogen) atoms. The van der Waals surface area contributed by atoms with Crippen LogP contribution in [0.2, 0.25) is 0 Å². The minimum Gasteiger partial charge on any atom is -0.501 e. The molecule has 0 spiro atoms. The fourth-order valence-electron chi connectivity index (χ4n) is 1.83. The number of hydrogen-bond acceptors (Lipinski definition) is 5. The lowest BCUT2D eigenvalue weighted by atomic mass is 9.88. The number of carbonyl (C=O) groups is 1. The average Bonchev–Trinajstić information content (AvgIpc) is 2.36. The van der Waals surface area contributed by atoms with E-state index in [1.165, 1.54) is 7.11 Å². The number of esters is 1. The maximum absolute atomic E-state index is 12.0. The number of allylic oxidation sites excluding steroid dienone is 1. The Bertz CT molecular complexity index is 360. The van der Waals surface area contributed by atoms with Crippen LogP contribution in [0.15, 0.2) is 23.7 Å². The van der Waals surface area contributed by atoms with Gasteiger partial charge in [0.25, 0.3) is 0 Å². The van der Waals surface area contributed by atoms with Crippen molar-refractivity contribution in [3.05, 3.63) is 23.7 Å². The molecular formula is C12H19NO4. The molecule has 1 atom stereocenters. The molecule has 0 aromatic heterocycles. The molecule has 0 aromatic rings. The van der Waals surface area contributed by atoms with Gasteiger partial charge >= 0.3 is 5.97 Å². The second-order valence-corrected chi connectivity index (χ2v) is 4.05. The van der Waals surface area contributed by atoms with Crippen LogP contribution < -0.4 is 0 Å². The molecule has 5 heteroatoms. The minimum absolute atomic E-state index is 0.334. The van der Waals surface area contributed by atoms with Crippen molar-refractivity contribution in [3.63, 3.8) is 0 Å². The van der Waals surface area contributed by atoms with E-state index < -0.39 is 5.54 Å². The molecule has 1 aliphatic carbocycles. The molecule has 0 saturated carbocycles. The van der Waals surface area contributed by atoms with Crippen LogP contribution >= 0.6 is 0 Å². The zero-order valence-corrected chi connectivity index (χ0v) is 10.9. The summed E-state index contributed by atoms with van der Waals surface area (Å²) in [6.45, 7) is 0. The molecule has 0 amide bonds. The summed E-state index contributed by atoms with van der Waals surface area (Å²) in [6.07, 6.45) is 3.95. The summed E-state index contributed by atoms with van der Waals surface area (Å²) in [6, 6.07) is 0. The van der Waals surface area contributed by atoms with E-state index in [4.69, 9.17) is 14.2 Å². The van der Waals surface area contributed by atoms with Crippen molar-refractivity contribution in [1.29, 1.82) is 0 Å². The van der Waals surface area contributed by atoms with E-state index in [1.54, 1.807) is 31.3 Å². The minimum atomic E-state index is -0.875. The molecule has 0 N–H and O–H groups in total. The quantitative estimate of drug-likeness (QED) is 0.685. The van der Waals surface area contributed by atoms with Gasteiger partial charge in [0.05, 0.1) is 21.3 Å². The fraction of sp³-hybridized carbons (Fsp3) is 0.583. The second kappa shape index (κ2) is 5.23. The Hall–Kier alpha value is -1.49. The summed E-state index contributed by atoms with van der Waals surface area (Å²) in [5, 5.41) is 0. The van der Waals surface area contributed by atoms with Gasteiger partial charge in [0.2, 0.25) is 0 Å². The van der Waals surface area contributed by atoms with E-state index in [0.29, 0.717) is 17.9 Å². The highest BCUT2D eigenvalue weighted by Gasteiger charge is 2.43. The van der Waals surface area contributed by atoms with Crippen LogP contribution in [0.1, 0.15) is 6.42 Å². The molecule has 0 saturated heterocycles. The Morgan fingerprint density at radius 2 is 1.94 bits per heavy atom. The number of likely N-dealkylation sites (N-methyl/N-ethyl adjacent to an activating group) is 1. The van der Waals surface area contributed by atoms with E-state index in [9.17, 15) is 4.79 Å². The molecule has 1 unspecified atom stereocenters. The zero-order chi connectivity index (χ0) is 13.1. The lowest BCUT2D eigenvalue weighted by molar-refractivity contribution is -0.151. The van der Waals surface area contributed by atoms with E-state index >= 15 is 0 Å². The molecule has 1 aliphatic rings. The standard InChI is InChI=1S/C12H19NO4/c1-13(2)12(11(14)17-5)7-9(15-3)6-10(8-12)16-4/h6-7H,8H2,1-5H3. The highest BCUT2D eigenvalue weighted by Crippen LogP contribution is 2.32. The van der Waals surface area contributed by atoms with Gasteiger partial charge in [-0.25, -0.2) is 4.79 Å². The van der Waals surface area contributed by atoms with Crippen LogP contribution in [-0.4, -0.2) is 51.8 Å². The summed E-state index contributed by atoms with van der Waals surface area (Å²) in [5.74, 6) is 0.940. The topological polar surface area (TPSA) is 48.0 Å². The fourth-order valence-corrected chi connectivity index (χ4v) is 1.83. The summed E-state index contributed by atoms with van der Waals surface area (Å²) >= 11 is 0. The third kappa shape index (κ3) is 2.44. The Labute approximate surface area is 102 Å². The van der Waals surface area contributed by atoms with Gasteiger partial charge in [-0.1, -0.05) is 0 Å². The van der Waals surface area contributed by atoms with E-state index in [2.05, 4.69) is 0 Å². The molecule has 0 bridgehead atoms. The van der Waals surface area contributed by atoms with Crippen molar-refractivity contribution < 1.29 is 19.0 Å². The van der Waals surface area contributed by atoms with Crippen molar-refractivity contribution in [3.8, 4) is 0 Å². The summed E-state index contributed by atoms with van der Waals surface area (Å²) in [4.78, 5) is 13.8. The number of carbonyl (C=O) groups excluding carboxylic acids is 1. The largest absolute Gasteiger partial charge is 0.501 e. The molecule has 0 fully saturated rings. The first-order chi connectivity index (χ1) is 8.00. The number of ether oxygens (including phenoxy) is 3. The Balaban J connectivity index is 3.21. The van der Waals surface area contributed by atoms with Gasteiger partial charge in [0, 0.05) is 12.5 Å². The Morgan fingerprint density at radius 3 is 2.35 bits per heavy atom. The molecule has 0 aromatic carbocycles. The van der Waals surface area contributed by atoms with Crippen LogP contribution in [0.5, 0.6) is 0 Å². The Morgan fingerprint density at radius 1 is 1.29 bits per heavy atom. The third-order valence-electron chi connectivity index (χ3n) is 2.96. The Kier molecular flexibility index (Phi) is 4.17. The van der Waals surface area contributed by atoms with Crippen LogP contribution in [0.3, 0.4) is 0 Å². The van der Waals surface area contributed by atoms with Gasteiger partial charge < -0.3 is 14.2 Å². The van der Waals surface area contributed by atoms with Crippen molar-refractivity contribution in [2.24, 2.45) is 0 Å². The maximum Gasteiger partial charge on any atom is 0.330 e. The monoisotopic (exact) mass is 241 g/mol. The van der Waals surface area contributed by atoms with Gasteiger partial charge in [0.15, 0.2) is 0 Å². The average molecular weight is 241 g/mol. The van der Waals surface area contributed by atoms with Gasteiger partial charge in [0.1, 0.15) is 17.1 Å². The molecule has 0 radical (unpaired) electrons. The number of rotatable bonds is 4. The molecule has 0 aliphatic heterocycles. The number of nitrogens with zero attached hydrogens (tertiary/aromatic N) is 1. The van der Waals surface area contributed by atoms with E-state index in [-0.39, 0.29) is 5.97 Å². The lowest BCUT2D eigenvalue weighted by Gasteiger charge is -2.37. The maximum atomic E-state index is 12.0. The van der Waals surface area contributed by atoms with Gasteiger partial charge in [-0.05, 0) is 20.2 Å². The van der Waals surface area contributed by atoms with Gasteiger partial charge in [-0.3, -0.25) is 4.90 Å². The van der Waals surface area contributed by atoms with Crippen LogP contribution in [0.25, 0.3) is 0 Å². The highest BCUT2D eigenvalue weighted by molar-refractivity contribution is 5.84. The lowest BCUT2D eigenvalue weighted by Crippen LogP contribution is -2.51. The van der Waals surface area contributed by atoms with Crippen LogP contribution in [0, 0.1) is 0 Å². The number of methoxy groups -OCH3 is 3. The first-order valence-corrected chi connectivity index (χ1v) is 5.27. The molecule has 0 heterocycles.